The summed E-state index contributed by atoms with van der Waals surface area (Å²) < 4.78 is 0. The van der Waals surface area contributed by atoms with Gasteiger partial charge in [0.1, 0.15) is 5.52 Å². The van der Waals surface area contributed by atoms with Crippen molar-refractivity contribution in [2.75, 3.05) is 23.8 Å². The van der Waals surface area contributed by atoms with Crippen molar-refractivity contribution in [2.24, 2.45) is 0 Å². The monoisotopic (exact) mass is 222 g/mol. The first-order chi connectivity index (χ1) is 7.85. The van der Waals surface area contributed by atoms with Crippen LogP contribution in [-0.2, 0) is 4.79 Å². The predicted molar refractivity (Wildman–Crippen MR) is 56.9 cm³/mol. The molecule has 16 heavy (non-hydrogen) atoms. The van der Waals surface area contributed by atoms with E-state index in [2.05, 4.69) is 30.6 Å². The Bertz CT molecular complexity index is 496. The van der Waals surface area contributed by atoms with Crippen LogP contribution < -0.4 is 10.6 Å². The Kier molecular flexibility index (Phi) is 2.92. The lowest BCUT2D eigenvalue weighted by molar-refractivity contribution is -0.105. The summed E-state index contributed by atoms with van der Waals surface area (Å²) in [7, 11) is 0. The van der Waals surface area contributed by atoms with E-state index < -0.39 is 0 Å². The van der Waals surface area contributed by atoms with E-state index in [0.29, 0.717) is 35.9 Å². The summed E-state index contributed by atoms with van der Waals surface area (Å²) in [5, 5.41) is 13.9. The number of carbonyl (C=O) groups excluding carboxylic acids is 1. The van der Waals surface area contributed by atoms with Crippen LogP contribution in [0.1, 0.15) is 0 Å². The maximum atomic E-state index is 10.4. The Balaban J connectivity index is 2.40. The third-order valence-corrected chi connectivity index (χ3v) is 1.88. The van der Waals surface area contributed by atoms with Crippen LogP contribution in [0.3, 0.4) is 0 Å². The molecule has 0 fully saturated rings. The molecule has 2 heterocycles. The largest absolute Gasteiger partial charge is 0.395 e. The second-order valence-corrected chi connectivity index (χ2v) is 2.91. The van der Waals surface area contributed by atoms with Crippen molar-refractivity contribution in [3.05, 3.63) is 6.33 Å². The number of nitrogens with zero attached hydrogens (tertiary/aromatic N) is 3. The Morgan fingerprint density at radius 3 is 3.12 bits per heavy atom. The molecule has 8 nitrogen and oxygen atoms in total. The van der Waals surface area contributed by atoms with Gasteiger partial charge >= 0.3 is 0 Å². The van der Waals surface area contributed by atoms with E-state index in [4.69, 9.17) is 5.11 Å². The zero-order chi connectivity index (χ0) is 11.4. The molecule has 0 aromatic carbocycles. The van der Waals surface area contributed by atoms with E-state index in [1.54, 1.807) is 0 Å². The number of H-pyrrole nitrogens is 1. The van der Waals surface area contributed by atoms with Gasteiger partial charge in [-0.3, -0.25) is 4.79 Å². The van der Waals surface area contributed by atoms with Crippen LogP contribution in [0.25, 0.3) is 11.2 Å². The molecule has 1 amide bonds. The molecule has 0 spiro atoms. The topological polar surface area (TPSA) is 116 Å². The summed E-state index contributed by atoms with van der Waals surface area (Å²) in [6, 6.07) is 0. The van der Waals surface area contributed by atoms with Gasteiger partial charge in [-0.2, -0.15) is 9.97 Å². The molecule has 0 saturated heterocycles. The van der Waals surface area contributed by atoms with Gasteiger partial charge < -0.3 is 20.7 Å². The Hall–Kier alpha value is -2.22. The summed E-state index contributed by atoms with van der Waals surface area (Å²) >= 11 is 0. The third-order valence-electron chi connectivity index (χ3n) is 1.88. The number of fused-ring (bicyclic) bond motifs is 1. The van der Waals surface area contributed by atoms with Crippen LogP contribution in [0.5, 0.6) is 0 Å². The maximum Gasteiger partial charge on any atom is 0.226 e. The van der Waals surface area contributed by atoms with Gasteiger partial charge in [0.2, 0.25) is 12.4 Å². The van der Waals surface area contributed by atoms with Crippen molar-refractivity contribution < 1.29 is 9.90 Å². The zero-order valence-electron chi connectivity index (χ0n) is 8.27. The quantitative estimate of drug-likeness (QED) is 0.498. The van der Waals surface area contributed by atoms with Gasteiger partial charge in [0.25, 0.3) is 0 Å². The average molecular weight is 222 g/mol. The Morgan fingerprint density at radius 1 is 1.50 bits per heavy atom. The molecule has 0 atom stereocenters. The Morgan fingerprint density at radius 2 is 2.38 bits per heavy atom. The minimum Gasteiger partial charge on any atom is -0.395 e. The van der Waals surface area contributed by atoms with E-state index in [1.165, 1.54) is 6.33 Å². The second kappa shape index (κ2) is 4.53. The number of aliphatic hydroxyl groups is 1. The number of rotatable bonds is 5. The summed E-state index contributed by atoms with van der Waals surface area (Å²) in [6.07, 6.45) is 1.99. The molecule has 0 aliphatic rings. The van der Waals surface area contributed by atoms with Gasteiger partial charge in [-0.25, -0.2) is 4.98 Å². The number of hydrogen-bond donors (Lipinski definition) is 4. The summed E-state index contributed by atoms with van der Waals surface area (Å²) in [5.74, 6) is 0.649. The lowest BCUT2D eigenvalue weighted by Crippen LogP contribution is -2.10. The highest BCUT2D eigenvalue weighted by atomic mass is 16.3. The van der Waals surface area contributed by atoms with Gasteiger partial charge in [0.15, 0.2) is 11.5 Å². The first kappa shape index (κ1) is 10.3. The van der Waals surface area contributed by atoms with Crippen molar-refractivity contribution in [3.63, 3.8) is 0 Å². The van der Waals surface area contributed by atoms with E-state index in [-0.39, 0.29) is 6.61 Å². The fourth-order valence-electron chi connectivity index (χ4n) is 1.24. The normalized spacial score (nSPS) is 10.3. The minimum atomic E-state index is -0.0294. The number of aromatic nitrogens is 4. The molecule has 8 heteroatoms. The highest BCUT2D eigenvalue weighted by Gasteiger charge is 2.08. The lowest BCUT2D eigenvalue weighted by atomic mass is 10.5. The van der Waals surface area contributed by atoms with Crippen molar-refractivity contribution >= 4 is 29.3 Å². The van der Waals surface area contributed by atoms with E-state index in [1.807, 2.05) is 0 Å². The molecule has 2 aromatic rings. The number of aliphatic hydroxyl groups excluding tert-OH is 1. The fourth-order valence-corrected chi connectivity index (χ4v) is 1.24. The maximum absolute atomic E-state index is 10.4. The first-order valence-corrected chi connectivity index (χ1v) is 4.61. The van der Waals surface area contributed by atoms with Crippen molar-refractivity contribution in [2.45, 2.75) is 0 Å². The van der Waals surface area contributed by atoms with Crippen LogP contribution >= 0.6 is 0 Å². The van der Waals surface area contributed by atoms with Gasteiger partial charge in [0, 0.05) is 6.54 Å². The zero-order valence-corrected chi connectivity index (χ0v) is 8.27. The fraction of sp³-hybridized carbons (Fsp3) is 0.250. The minimum absolute atomic E-state index is 0.0294. The standard InChI is InChI=1S/C8H10N6O2/c15-2-1-9-8-13-6-5(10-3-11-6)7(14-8)12-4-16/h3-4,15H,1-2H2,(H3,9,10,11,12,13,14,16). The van der Waals surface area contributed by atoms with Crippen LogP contribution in [0.2, 0.25) is 0 Å². The molecule has 0 aliphatic carbocycles. The average Bonchev–Trinajstić information content (AvgIpc) is 2.75. The molecule has 4 N–H and O–H groups in total. The lowest BCUT2D eigenvalue weighted by Gasteiger charge is -2.04. The number of hydrogen-bond acceptors (Lipinski definition) is 6. The Labute approximate surface area is 90.1 Å². The SMILES string of the molecule is O=CNc1nc(NCCO)nc2nc[nH]c12. The van der Waals surface area contributed by atoms with Crippen molar-refractivity contribution in [1.29, 1.82) is 0 Å². The molecule has 0 bridgehead atoms. The van der Waals surface area contributed by atoms with E-state index in [9.17, 15) is 4.79 Å². The van der Waals surface area contributed by atoms with E-state index >= 15 is 0 Å². The molecule has 2 rings (SSSR count). The molecule has 0 aliphatic heterocycles. The highest BCUT2D eigenvalue weighted by molar-refractivity contribution is 5.88. The summed E-state index contributed by atoms with van der Waals surface area (Å²) in [5.41, 5.74) is 1.00. The van der Waals surface area contributed by atoms with Gasteiger partial charge in [-0.15, -0.1) is 0 Å². The second-order valence-electron chi connectivity index (χ2n) is 2.91. The number of carbonyl (C=O) groups is 1. The summed E-state index contributed by atoms with van der Waals surface area (Å²) in [4.78, 5) is 25.3. The molecule has 0 radical (unpaired) electrons. The molecule has 2 aromatic heterocycles. The third kappa shape index (κ3) is 1.91. The molecule has 84 valence electrons. The molecule has 0 saturated carbocycles. The van der Waals surface area contributed by atoms with Crippen molar-refractivity contribution in [1.82, 2.24) is 19.9 Å². The number of aromatic amines is 1. The number of imidazole rings is 1. The smallest absolute Gasteiger partial charge is 0.226 e. The first-order valence-electron chi connectivity index (χ1n) is 4.61. The van der Waals surface area contributed by atoms with Crippen LogP contribution in [0.4, 0.5) is 11.8 Å². The highest BCUT2D eigenvalue weighted by Crippen LogP contribution is 2.17. The van der Waals surface area contributed by atoms with Crippen LogP contribution in [0.15, 0.2) is 6.33 Å². The number of nitrogens with one attached hydrogen (secondary N) is 3. The molecule has 0 unspecified atom stereocenters. The van der Waals surface area contributed by atoms with Crippen molar-refractivity contribution in [3.8, 4) is 0 Å². The van der Waals surface area contributed by atoms with E-state index in [0.717, 1.165) is 0 Å². The summed E-state index contributed by atoms with van der Waals surface area (Å²) in [6.45, 7) is 0.300. The molecular formula is C8H10N6O2. The molecular weight excluding hydrogens is 212 g/mol. The van der Waals surface area contributed by atoms with Gasteiger partial charge in [-0.1, -0.05) is 0 Å². The predicted octanol–water partition coefficient (Wildman–Crippen LogP) is -0.675. The van der Waals surface area contributed by atoms with Gasteiger partial charge in [-0.05, 0) is 0 Å². The van der Waals surface area contributed by atoms with Gasteiger partial charge in [0.05, 0.1) is 12.9 Å². The number of anilines is 2. The van der Waals surface area contributed by atoms with Crippen LogP contribution in [-0.4, -0.2) is 44.6 Å². The van der Waals surface area contributed by atoms with Crippen LogP contribution in [0, 0.1) is 0 Å². The number of amides is 1.